The van der Waals surface area contributed by atoms with E-state index in [1.807, 2.05) is 19.1 Å². The van der Waals surface area contributed by atoms with E-state index in [0.717, 1.165) is 5.56 Å². The second kappa shape index (κ2) is 10.2. The van der Waals surface area contributed by atoms with Gasteiger partial charge in [0.2, 0.25) is 18.3 Å². The number of methoxy groups -OCH3 is 4. The van der Waals surface area contributed by atoms with Crippen LogP contribution < -0.4 is 28.4 Å². The molecule has 9 nitrogen and oxygen atoms in total. The molecule has 0 aromatic heterocycles. The minimum absolute atomic E-state index is 0.00816. The van der Waals surface area contributed by atoms with Crippen molar-refractivity contribution in [2.45, 2.75) is 32.0 Å². The molecule has 1 N–H and O–H groups in total. The normalized spacial score (nSPS) is 21.1. The predicted molar refractivity (Wildman–Crippen MR) is 142 cm³/mol. The summed E-state index contributed by atoms with van der Waals surface area (Å²) in [4.78, 5) is 13.4. The quantitative estimate of drug-likeness (QED) is 0.438. The van der Waals surface area contributed by atoms with Crippen LogP contribution in [0.2, 0.25) is 0 Å². The first-order chi connectivity index (χ1) is 18.8. The van der Waals surface area contributed by atoms with E-state index in [0.29, 0.717) is 63.2 Å². The van der Waals surface area contributed by atoms with Crippen LogP contribution in [-0.4, -0.2) is 51.9 Å². The summed E-state index contributed by atoms with van der Waals surface area (Å²) in [5, 5.41) is 12.1. The van der Waals surface area contributed by atoms with E-state index in [-0.39, 0.29) is 12.7 Å². The molecule has 39 heavy (non-hydrogen) atoms. The van der Waals surface area contributed by atoms with E-state index < -0.39 is 17.7 Å². The van der Waals surface area contributed by atoms with Gasteiger partial charge in [0.05, 0.1) is 34.0 Å². The molecule has 3 atom stereocenters. The Kier molecular flexibility index (Phi) is 6.94. The Bertz CT molecular complexity index is 1400. The molecule has 1 aliphatic heterocycles. The van der Waals surface area contributed by atoms with Crippen molar-refractivity contribution >= 4 is 5.97 Å². The highest BCUT2D eigenvalue weighted by Crippen LogP contribution is 2.59. The second-order valence-corrected chi connectivity index (χ2v) is 9.77. The molecule has 0 saturated carbocycles. The maximum absolute atomic E-state index is 13.4. The monoisotopic (exact) mass is 536 g/mol. The number of fused-ring (bicyclic) bond motifs is 4. The average Bonchev–Trinajstić information content (AvgIpc) is 3.42. The first-order valence-electron chi connectivity index (χ1n) is 12.6. The zero-order valence-electron chi connectivity index (χ0n) is 22.8. The van der Waals surface area contributed by atoms with Gasteiger partial charge in [0.15, 0.2) is 29.1 Å². The Morgan fingerprint density at radius 1 is 0.923 bits per heavy atom. The summed E-state index contributed by atoms with van der Waals surface area (Å²) in [6, 6.07) is 12.3. The van der Waals surface area contributed by atoms with Crippen molar-refractivity contribution in [3.05, 3.63) is 59.2 Å². The van der Waals surface area contributed by atoms with E-state index >= 15 is 0 Å². The lowest BCUT2D eigenvalue weighted by atomic mass is 9.73. The third-order valence-corrected chi connectivity index (χ3v) is 7.59. The van der Waals surface area contributed by atoms with Gasteiger partial charge in [-0.2, -0.15) is 0 Å². The van der Waals surface area contributed by atoms with Gasteiger partial charge in [-0.05, 0) is 49.1 Å². The largest absolute Gasteiger partial charge is 0.493 e. The van der Waals surface area contributed by atoms with Gasteiger partial charge in [0.1, 0.15) is 5.60 Å². The highest BCUT2D eigenvalue weighted by Gasteiger charge is 2.47. The number of ether oxygens (including phenoxy) is 7. The standard InChI is InChI=1S/C30H32O9/c1-16-12-18-13-20(33-3)24(34-4)26(35-5)22(18)23-19(14-21-25(27(23)36-6)38-15-37-21)28(30(16,2)32)39-29(31)17-10-8-7-9-11-17/h7-11,13-14,16,28,32H,12,15H2,1-6H3/t16-,28?,30-/m0/s1. The van der Waals surface area contributed by atoms with Gasteiger partial charge < -0.3 is 38.3 Å². The number of aliphatic hydroxyl groups is 1. The number of hydrogen-bond donors (Lipinski definition) is 1. The highest BCUT2D eigenvalue weighted by molar-refractivity contribution is 5.91. The van der Waals surface area contributed by atoms with Crippen molar-refractivity contribution in [1.29, 1.82) is 0 Å². The van der Waals surface area contributed by atoms with Gasteiger partial charge in [0.25, 0.3) is 0 Å². The topological polar surface area (TPSA) is 102 Å². The molecule has 1 heterocycles. The van der Waals surface area contributed by atoms with Crippen molar-refractivity contribution in [2.24, 2.45) is 5.92 Å². The minimum atomic E-state index is -1.50. The molecule has 0 spiro atoms. The van der Waals surface area contributed by atoms with Crippen molar-refractivity contribution in [1.82, 2.24) is 0 Å². The summed E-state index contributed by atoms with van der Waals surface area (Å²) in [5.74, 6) is 1.51. The first-order valence-corrected chi connectivity index (χ1v) is 12.6. The second-order valence-electron chi connectivity index (χ2n) is 9.77. The fourth-order valence-electron chi connectivity index (χ4n) is 5.37. The van der Waals surface area contributed by atoms with E-state index in [9.17, 15) is 9.90 Å². The molecule has 1 unspecified atom stereocenters. The zero-order chi connectivity index (χ0) is 27.9. The van der Waals surface area contributed by atoms with E-state index in [4.69, 9.17) is 33.2 Å². The molecule has 3 aromatic rings. The molecule has 2 aliphatic rings. The SMILES string of the molecule is COc1cc2c(c(OC)c1OC)-c1c(cc3c(c1OC)OCO3)C(OC(=O)c1ccccc1)[C@@](C)(O)[C@@H](C)C2. The number of hydrogen-bond acceptors (Lipinski definition) is 9. The summed E-state index contributed by atoms with van der Waals surface area (Å²) in [5.41, 5.74) is 1.35. The van der Waals surface area contributed by atoms with E-state index in [1.54, 1.807) is 51.5 Å². The summed E-state index contributed by atoms with van der Waals surface area (Å²) in [6.45, 7) is 3.57. The number of carbonyl (C=O) groups is 1. The Balaban J connectivity index is 1.86. The van der Waals surface area contributed by atoms with Crippen molar-refractivity contribution in [3.8, 4) is 45.6 Å². The number of rotatable bonds is 6. The number of carbonyl (C=O) groups excluding carboxylic acids is 1. The molecule has 0 radical (unpaired) electrons. The minimum Gasteiger partial charge on any atom is -0.493 e. The van der Waals surface area contributed by atoms with Gasteiger partial charge >= 0.3 is 5.97 Å². The summed E-state index contributed by atoms with van der Waals surface area (Å²) in [6.07, 6.45) is -0.709. The number of esters is 1. The molecule has 206 valence electrons. The Morgan fingerprint density at radius 3 is 2.26 bits per heavy atom. The average molecular weight is 537 g/mol. The fourth-order valence-corrected chi connectivity index (χ4v) is 5.37. The molecule has 0 saturated heterocycles. The van der Waals surface area contributed by atoms with Gasteiger partial charge in [-0.1, -0.05) is 25.1 Å². The van der Waals surface area contributed by atoms with Gasteiger partial charge in [-0.3, -0.25) is 0 Å². The van der Waals surface area contributed by atoms with Crippen LogP contribution in [0.15, 0.2) is 42.5 Å². The molecule has 5 rings (SSSR count). The van der Waals surface area contributed by atoms with Crippen LogP contribution in [0.1, 0.15) is 41.4 Å². The third-order valence-electron chi connectivity index (χ3n) is 7.59. The van der Waals surface area contributed by atoms with Crippen molar-refractivity contribution in [3.63, 3.8) is 0 Å². The van der Waals surface area contributed by atoms with Crippen LogP contribution in [0.4, 0.5) is 0 Å². The first kappa shape index (κ1) is 26.5. The molecule has 1 aliphatic carbocycles. The molecule has 0 amide bonds. The van der Waals surface area contributed by atoms with Crippen LogP contribution in [-0.2, 0) is 11.2 Å². The van der Waals surface area contributed by atoms with Gasteiger partial charge in [-0.15, -0.1) is 0 Å². The lowest BCUT2D eigenvalue weighted by Crippen LogP contribution is -2.43. The van der Waals surface area contributed by atoms with Gasteiger partial charge in [-0.25, -0.2) is 4.79 Å². The van der Waals surface area contributed by atoms with Crippen molar-refractivity contribution < 1.29 is 43.1 Å². The van der Waals surface area contributed by atoms with Crippen LogP contribution in [0.25, 0.3) is 11.1 Å². The Labute approximate surface area is 227 Å². The molecule has 0 fully saturated rings. The van der Waals surface area contributed by atoms with Crippen LogP contribution >= 0.6 is 0 Å². The summed E-state index contributed by atoms with van der Waals surface area (Å²) in [7, 11) is 6.15. The van der Waals surface area contributed by atoms with E-state index in [2.05, 4.69) is 0 Å². The Morgan fingerprint density at radius 2 is 1.62 bits per heavy atom. The smallest absolute Gasteiger partial charge is 0.338 e. The zero-order valence-corrected chi connectivity index (χ0v) is 22.8. The highest BCUT2D eigenvalue weighted by atomic mass is 16.7. The molecule has 3 aromatic carbocycles. The third kappa shape index (κ3) is 4.27. The van der Waals surface area contributed by atoms with Crippen LogP contribution in [0.5, 0.6) is 34.5 Å². The summed E-state index contributed by atoms with van der Waals surface area (Å²) < 4.78 is 40.8. The molecular weight excluding hydrogens is 504 g/mol. The maximum Gasteiger partial charge on any atom is 0.338 e. The van der Waals surface area contributed by atoms with Gasteiger partial charge in [0, 0.05) is 16.7 Å². The number of benzene rings is 3. The Hall–Kier alpha value is -4.11. The van der Waals surface area contributed by atoms with E-state index in [1.165, 1.54) is 14.2 Å². The maximum atomic E-state index is 13.4. The predicted octanol–water partition coefficient (Wildman–Crippen LogP) is 4.96. The molecular formula is C30H32O9. The summed E-state index contributed by atoms with van der Waals surface area (Å²) >= 11 is 0. The van der Waals surface area contributed by atoms with Crippen LogP contribution in [0, 0.1) is 5.92 Å². The molecule has 9 heteroatoms. The molecule has 0 bridgehead atoms. The van der Waals surface area contributed by atoms with Crippen molar-refractivity contribution in [2.75, 3.05) is 35.2 Å². The van der Waals surface area contributed by atoms with Crippen LogP contribution in [0.3, 0.4) is 0 Å². The fraction of sp³-hybridized carbons (Fsp3) is 0.367. The lowest BCUT2D eigenvalue weighted by molar-refractivity contribution is -0.107. The lowest BCUT2D eigenvalue weighted by Gasteiger charge is -2.41.